The molecule has 0 aliphatic rings. The quantitative estimate of drug-likeness (QED) is 0.747. The van der Waals surface area contributed by atoms with Crippen LogP contribution in [-0.4, -0.2) is 10.9 Å². The van der Waals surface area contributed by atoms with E-state index >= 15 is 0 Å². The van der Waals surface area contributed by atoms with Gasteiger partial charge in [-0.3, -0.25) is 4.79 Å². The zero-order chi connectivity index (χ0) is 16.9. The molecule has 0 bridgehead atoms. The van der Waals surface area contributed by atoms with Gasteiger partial charge in [0.15, 0.2) is 0 Å². The number of aromatic nitrogens is 1. The Morgan fingerprint density at radius 1 is 1.25 bits per heavy atom. The van der Waals surface area contributed by atoms with Gasteiger partial charge in [-0.05, 0) is 48.9 Å². The third kappa shape index (κ3) is 3.97. The molecular formula is C18H15FN2O2S. The van der Waals surface area contributed by atoms with Gasteiger partial charge in [0, 0.05) is 10.9 Å². The zero-order valence-corrected chi connectivity index (χ0v) is 13.8. The average Bonchev–Trinajstić information content (AvgIpc) is 3.10. The van der Waals surface area contributed by atoms with Gasteiger partial charge < -0.3 is 10.1 Å². The minimum absolute atomic E-state index is 0.170. The molecule has 1 aromatic heterocycles. The van der Waals surface area contributed by atoms with Crippen LogP contribution in [0.25, 0.3) is 0 Å². The molecule has 0 saturated heterocycles. The Bertz CT molecular complexity index is 833. The van der Waals surface area contributed by atoms with E-state index in [0.717, 1.165) is 11.3 Å². The number of carbonyl (C=O) groups is 1. The highest BCUT2D eigenvalue weighted by Crippen LogP contribution is 2.18. The highest BCUT2D eigenvalue weighted by atomic mass is 32.1. The fraction of sp³-hybridized carbons (Fsp3) is 0.111. The summed E-state index contributed by atoms with van der Waals surface area (Å²) in [5.74, 6) is -0.191. The molecule has 1 amide bonds. The van der Waals surface area contributed by atoms with Crippen molar-refractivity contribution in [1.82, 2.24) is 4.98 Å². The number of benzene rings is 2. The molecule has 2 aromatic carbocycles. The zero-order valence-electron chi connectivity index (χ0n) is 13.0. The number of ether oxygens (including phenoxy) is 1. The molecule has 1 N–H and O–H groups in total. The number of hydrogen-bond donors (Lipinski definition) is 1. The molecule has 0 aliphatic heterocycles. The number of anilines is 1. The van der Waals surface area contributed by atoms with Crippen molar-refractivity contribution in [3.63, 3.8) is 0 Å². The summed E-state index contributed by atoms with van der Waals surface area (Å²) in [6.07, 6.45) is 0. The monoisotopic (exact) mass is 342 g/mol. The summed E-state index contributed by atoms with van der Waals surface area (Å²) in [6.45, 7) is 2.22. The van der Waals surface area contributed by atoms with E-state index in [1.54, 1.807) is 41.9 Å². The van der Waals surface area contributed by atoms with Crippen LogP contribution >= 0.6 is 11.3 Å². The summed E-state index contributed by atoms with van der Waals surface area (Å²) < 4.78 is 19.3. The number of rotatable bonds is 5. The van der Waals surface area contributed by atoms with Crippen molar-refractivity contribution in [2.24, 2.45) is 0 Å². The molecule has 0 radical (unpaired) electrons. The van der Waals surface area contributed by atoms with E-state index in [9.17, 15) is 9.18 Å². The first-order chi connectivity index (χ1) is 11.6. The molecule has 0 fully saturated rings. The lowest BCUT2D eigenvalue weighted by atomic mass is 10.1. The van der Waals surface area contributed by atoms with Crippen molar-refractivity contribution in [1.29, 1.82) is 0 Å². The lowest BCUT2D eigenvalue weighted by molar-refractivity contribution is 0.102. The maximum absolute atomic E-state index is 13.7. The molecule has 3 aromatic rings. The minimum atomic E-state index is -0.461. The number of amides is 1. The van der Waals surface area contributed by atoms with E-state index < -0.39 is 5.82 Å². The van der Waals surface area contributed by atoms with Crippen molar-refractivity contribution < 1.29 is 13.9 Å². The predicted molar refractivity (Wildman–Crippen MR) is 92.0 cm³/mol. The summed E-state index contributed by atoms with van der Waals surface area (Å²) in [5.41, 5.74) is 4.08. The minimum Gasteiger partial charge on any atom is -0.487 e. The summed E-state index contributed by atoms with van der Waals surface area (Å²) in [7, 11) is 0. The molecular weight excluding hydrogens is 327 g/mol. The highest BCUT2D eigenvalue weighted by molar-refractivity contribution is 7.07. The normalized spacial score (nSPS) is 10.4. The van der Waals surface area contributed by atoms with Crippen LogP contribution in [-0.2, 0) is 6.61 Å². The molecule has 0 aliphatic carbocycles. The predicted octanol–water partition coefficient (Wildman–Crippen LogP) is 4.42. The average molecular weight is 342 g/mol. The van der Waals surface area contributed by atoms with Crippen LogP contribution in [0.3, 0.4) is 0 Å². The number of hydrogen-bond acceptors (Lipinski definition) is 4. The Morgan fingerprint density at radius 3 is 2.75 bits per heavy atom. The Morgan fingerprint density at radius 2 is 2.04 bits per heavy atom. The van der Waals surface area contributed by atoms with Gasteiger partial charge in [-0.15, -0.1) is 11.3 Å². The Balaban J connectivity index is 1.64. The van der Waals surface area contributed by atoms with Crippen molar-refractivity contribution in [3.8, 4) is 5.75 Å². The second-order valence-electron chi connectivity index (χ2n) is 5.23. The van der Waals surface area contributed by atoms with Gasteiger partial charge >= 0.3 is 0 Å². The number of carbonyl (C=O) groups excluding carboxylic acids is 1. The maximum atomic E-state index is 13.7. The smallest absolute Gasteiger partial charge is 0.255 e. The van der Waals surface area contributed by atoms with Crippen LogP contribution in [0.15, 0.2) is 53.4 Å². The summed E-state index contributed by atoms with van der Waals surface area (Å²) in [6, 6.07) is 11.3. The van der Waals surface area contributed by atoms with Crippen LogP contribution in [0.2, 0.25) is 0 Å². The number of thiazole rings is 1. The molecule has 3 rings (SSSR count). The first-order valence-electron chi connectivity index (χ1n) is 7.29. The van der Waals surface area contributed by atoms with E-state index in [1.165, 1.54) is 17.4 Å². The molecule has 0 unspecified atom stereocenters. The van der Waals surface area contributed by atoms with E-state index in [1.807, 2.05) is 12.3 Å². The second-order valence-corrected chi connectivity index (χ2v) is 5.95. The van der Waals surface area contributed by atoms with Gasteiger partial charge in [0.2, 0.25) is 0 Å². The summed E-state index contributed by atoms with van der Waals surface area (Å²) in [4.78, 5) is 16.3. The van der Waals surface area contributed by atoms with Crippen LogP contribution in [0.1, 0.15) is 21.6 Å². The fourth-order valence-electron chi connectivity index (χ4n) is 2.10. The number of halogens is 1. The van der Waals surface area contributed by atoms with Crippen molar-refractivity contribution in [3.05, 3.63) is 76.0 Å². The van der Waals surface area contributed by atoms with E-state index in [0.29, 0.717) is 17.9 Å². The van der Waals surface area contributed by atoms with Gasteiger partial charge in [0.05, 0.1) is 16.9 Å². The highest BCUT2D eigenvalue weighted by Gasteiger charge is 2.10. The van der Waals surface area contributed by atoms with E-state index in [-0.39, 0.29) is 11.6 Å². The number of nitrogens with zero attached hydrogens (tertiary/aromatic N) is 1. The second kappa shape index (κ2) is 7.23. The molecule has 24 heavy (non-hydrogen) atoms. The number of nitrogens with one attached hydrogen (secondary N) is 1. The first kappa shape index (κ1) is 16.1. The van der Waals surface area contributed by atoms with E-state index in [2.05, 4.69) is 10.3 Å². The Hall–Kier alpha value is -2.73. The molecule has 0 saturated carbocycles. The van der Waals surface area contributed by atoms with Gasteiger partial charge in [0.1, 0.15) is 18.2 Å². The summed E-state index contributed by atoms with van der Waals surface area (Å²) >= 11 is 1.51. The van der Waals surface area contributed by atoms with Crippen LogP contribution < -0.4 is 10.1 Å². The van der Waals surface area contributed by atoms with Crippen LogP contribution in [0.4, 0.5) is 10.1 Å². The van der Waals surface area contributed by atoms with Crippen LogP contribution in [0, 0.1) is 12.7 Å². The van der Waals surface area contributed by atoms with Crippen molar-refractivity contribution >= 4 is 22.9 Å². The SMILES string of the molecule is Cc1ccc(F)c(NC(=O)c2ccc(OCc3cscn3)cc2)c1. The molecule has 1 heterocycles. The number of aryl methyl sites for hydroxylation is 1. The first-order valence-corrected chi connectivity index (χ1v) is 8.23. The summed E-state index contributed by atoms with van der Waals surface area (Å²) in [5, 5.41) is 4.49. The third-order valence-electron chi connectivity index (χ3n) is 3.36. The van der Waals surface area contributed by atoms with Gasteiger partial charge in [0.25, 0.3) is 5.91 Å². The standard InChI is InChI=1S/C18H15FN2O2S/c1-12-2-7-16(19)17(8-12)21-18(22)13-3-5-15(6-4-13)23-9-14-10-24-11-20-14/h2-8,10-11H,9H2,1H3,(H,21,22). The van der Waals surface area contributed by atoms with Crippen molar-refractivity contribution in [2.45, 2.75) is 13.5 Å². The third-order valence-corrected chi connectivity index (χ3v) is 3.99. The lowest BCUT2D eigenvalue weighted by Crippen LogP contribution is -2.13. The maximum Gasteiger partial charge on any atom is 0.255 e. The van der Waals surface area contributed by atoms with Gasteiger partial charge in [-0.2, -0.15) is 0 Å². The van der Waals surface area contributed by atoms with Crippen molar-refractivity contribution in [2.75, 3.05) is 5.32 Å². The van der Waals surface area contributed by atoms with Crippen LogP contribution in [0.5, 0.6) is 5.75 Å². The topological polar surface area (TPSA) is 51.2 Å². The van der Waals surface area contributed by atoms with E-state index in [4.69, 9.17) is 4.74 Å². The molecule has 4 nitrogen and oxygen atoms in total. The molecule has 122 valence electrons. The Labute approximate surface area is 142 Å². The van der Waals surface area contributed by atoms with Gasteiger partial charge in [-0.1, -0.05) is 6.07 Å². The molecule has 6 heteroatoms. The lowest BCUT2D eigenvalue weighted by Gasteiger charge is -2.08. The van der Waals surface area contributed by atoms with Gasteiger partial charge in [-0.25, -0.2) is 9.37 Å². The fourth-order valence-corrected chi connectivity index (χ4v) is 2.64. The molecule has 0 spiro atoms. The largest absolute Gasteiger partial charge is 0.487 e. The Kier molecular flexibility index (Phi) is 4.86. The molecule has 0 atom stereocenters.